The minimum absolute atomic E-state index is 0.255. The van der Waals surface area contributed by atoms with Crippen LogP contribution in [0.15, 0.2) is 27.4 Å². The molecule has 0 aliphatic carbocycles. The smallest absolute Gasteiger partial charge is 0.129 e. The highest BCUT2D eigenvalue weighted by atomic mass is 79.9. The molecule has 0 spiro atoms. The van der Waals surface area contributed by atoms with Crippen molar-refractivity contribution in [2.45, 2.75) is 6.04 Å². The van der Waals surface area contributed by atoms with Crippen molar-refractivity contribution in [3.63, 3.8) is 0 Å². The zero-order valence-corrected chi connectivity index (χ0v) is 12.2. The van der Waals surface area contributed by atoms with Crippen LogP contribution in [-0.2, 0) is 0 Å². The third kappa shape index (κ3) is 2.48. The van der Waals surface area contributed by atoms with Crippen LogP contribution in [-0.4, -0.2) is 14.2 Å². The van der Waals surface area contributed by atoms with Crippen molar-refractivity contribution in [2.75, 3.05) is 14.2 Å². The van der Waals surface area contributed by atoms with E-state index in [1.807, 2.05) is 12.4 Å². The van der Waals surface area contributed by atoms with E-state index < -0.39 is 0 Å². The van der Waals surface area contributed by atoms with Gasteiger partial charge in [-0.25, -0.2) is 0 Å². The van der Waals surface area contributed by atoms with Crippen LogP contribution in [0.4, 0.5) is 0 Å². The standard InChI is InChI=1S/C11H12BrNOS2/c1-13-11(8-3-4-10(12)16-8)9-5-7(14-2)6-15-9/h3-6,11,13H,1-2H3. The van der Waals surface area contributed by atoms with E-state index in [1.54, 1.807) is 29.8 Å². The zero-order valence-electron chi connectivity index (χ0n) is 8.99. The Labute approximate surface area is 111 Å². The molecular weight excluding hydrogens is 306 g/mol. The van der Waals surface area contributed by atoms with Gasteiger partial charge in [0.15, 0.2) is 0 Å². The van der Waals surface area contributed by atoms with Gasteiger partial charge in [0.2, 0.25) is 0 Å². The van der Waals surface area contributed by atoms with E-state index in [1.165, 1.54) is 9.75 Å². The highest BCUT2D eigenvalue weighted by Gasteiger charge is 2.16. The first-order chi connectivity index (χ1) is 7.74. The Bertz CT molecular complexity index is 466. The molecular formula is C11H12BrNOS2. The second kappa shape index (κ2) is 5.31. The minimum atomic E-state index is 0.255. The number of ether oxygens (including phenoxy) is 1. The topological polar surface area (TPSA) is 21.3 Å². The first-order valence-electron chi connectivity index (χ1n) is 4.79. The van der Waals surface area contributed by atoms with Crippen LogP contribution in [0.25, 0.3) is 0 Å². The number of halogens is 1. The lowest BCUT2D eigenvalue weighted by Crippen LogP contribution is -2.14. The molecule has 1 atom stereocenters. The predicted octanol–water partition coefficient (Wildman–Crippen LogP) is 3.89. The van der Waals surface area contributed by atoms with Crippen LogP contribution < -0.4 is 10.1 Å². The number of nitrogens with one attached hydrogen (secondary N) is 1. The summed E-state index contributed by atoms with van der Waals surface area (Å²) in [5.41, 5.74) is 0. The average Bonchev–Trinajstić information content (AvgIpc) is 2.89. The molecule has 2 nitrogen and oxygen atoms in total. The summed E-state index contributed by atoms with van der Waals surface area (Å²) in [5.74, 6) is 0.927. The summed E-state index contributed by atoms with van der Waals surface area (Å²) in [5, 5.41) is 5.36. The Morgan fingerprint density at radius 1 is 1.38 bits per heavy atom. The van der Waals surface area contributed by atoms with Gasteiger partial charge in [-0.1, -0.05) is 0 Å². The van der Waals surface area contributed by atoms with Gasteiger partial charge < -0.3 is 10.1 Å². The molecule has 0 aromatic carbocycles. The third-order valence-corrected chi connectivity index (χ3v) is 4.95. The predicted molar refractivity (Wildman–Crippen MR) is 73.8 cm³/mol. The average molecular weight is 318 g/mol. The molecule has 86 valence electrons. The molecule has 2 heterocycles. The fourth-order valence-electron chi connectivity index (χ4n) is 1.50. The van der Waals surface area contributed by atoms with Gasteiger partial charge >= 0.3 is 0 Å². The molecule has 0 saturated heterocycles. The molecule has 0 fully saturated rings. The van der Waals surface area contributed by atoms with Crippen molar-refractivity contribution < 1.29 is 4.74 Å². The molecule has 16 heavy (non-hydrogen) atoms. The lowest BCUT2D eigenvalue weighted by atomic mass is 10.2. The van der Waals surface area contributed by atoms with Gasteiger partial charge in [0.25, 0.3) is 0 Å². The van der Waals surface area contributed by atoms with Crippen molar-refractivity contribution in [2.24, 2.45) is 0 Å². The van der Waals surface area contributed by atoms with Gasteiger partial charge in [0.1, 0.15) is 5.75 Å². The maximum absolute atomic E-state index is 5.21. The molecule has 1 unspecified atom stereocenters. The van der Waals surface area contributed by atoms with Gasteiger partial charge in [0, 0.05) is 15.1 Å². The summed E-state index contributed by atoms with van der Waals surface area (Å²) in [7, 11) is 3.67. The Hall–Kier alpha value is -0.360. The third-order valence-electron chi connectivity index (χ3n) is 2.28. The number of hydrogen-bond donors (Lipinski definition) is 1. The van der Waals surface area contributed by atoms with Gasteiger partial charge in [-0.2, -0.15) is 0 Å². The number of rotatable bonds is 4. The largest absolute Gasteiger partial charge is 0.496 e. The van der Waals surface area contributed by atoms with Crippen molar-refractivity contribution >= 4 is 38.6 Å². The van der Waals surface area contributed by atoms with Crippen molar-refractivity contribution in [1.82, 2.24) is 5.32 Å². The molecule has 0 aliphatic rings. The SMILES string of the molecule is CNC(c1cc(OC)cs1)c1ccc(Br)s1. The van der Waals surface area contributed by atoms with Crippen molar-refractivity contribution in [3.05, 3.63) is 37.1 Å². The molecule has 0 radical (unpaired) electrons. The van der Waals surface area contributed by atoms with Crippen LogP contribution in [0.2, 0.25) is 0 Å². The molecule has 1 N–H and O–H groups in total. The summed E-state index contributed by atoms with van der Waals surface area (Å²) >= 11 is 6.96. The van der Waals surface area contributed by atoms with Gasteiger partial charge in [-0.05, 0) is 41.2 Å². The Kier molecular flexibility index (Phi) is 4.02. The second-order valence-electron chi connectivity index (χ2n) is 3.25. The lowest BCUT2D eigenvalue weighted by molar-refractivity contribution is 0.416. The summed E-state index contributed by atoms with van der Waals surface area (Å²) in [6.45, 7) is 0. The van der Waals surface area contributed by atoms with E-state index >= 15 is 0 Å². The summed E-state index contributed by atoms with van der Waals surface area (Å²) < 4.78 is 6.37. The summed E-state index contributed by atoms with van der Waals surface area (Å²) in [4.78, 5) is 2.58. The van der Waals surface area contributed by atoms with Gasteiger partial charge in [-0.3, -0.25) is 0 Å². The monoisotopic (exact) mass is 317 g/mol. The maximum atomic E-state index is 5.21. The fourth-order valence-corrected chi connectivity index (χ4v) is 4.11. The summed E-state index contributed by atoms with van der Waals surface area (Å²) in [6, 6.07) is 6.56. The Morgan fingerprint density at radius 2 is 2.19 bits per heavy atom. The van der Waals surface area contributed by atoms with Gasteiger partial charge in [0.05, 0.1) is 16.9 Å². The quantitative estimate of drug-likeness (QED) is 0.923. The molecule has 0 saturated carbocycles. The molecule has 2 rings (SSSR count). The van der Waals surface area contributed by atoms with Crippen molar-refractivity contribution in [1.29, 1.82) is 0 Å². The van der Waals surface area contributed by atoms with E-state index in [-0.39, 0.29) is 6.04 Å². The highest BCUT2D eigenvalue weighted by Crippen LogP contribution is 2.35. The molecule has 5 heteroatoms. The molecule has 0 bridgehead atoms. The second-order valence-corrected chi connectivity index (χ2v) is 6.69. The van der Waals surface area contributed by atoms with Crippen LogP contribution in [0.1, 0.15) is 15.8 Å². The molecule has 2 aromatic heterocycles. The molecule has 0 aliphatic heterocycles. The molecule has 2 aromatic rings. The first-order valence-corrected chi connectivity index (χ1v) is 7.28. The fraction of sp³-hybridized carbons (Fsp3) is 0.273. The van der Waals surface area contributed by atoms with E-state index in [0.29, 0.717) is 0 Å². The van der Waals surface area contributed by atoms with Crippen molar-refractivity contribution in [3.8, 4) is 5.75 Å². The minimum Gasteiger partial charge on any atom is -0.496 e. The number of hydrogen-bond acceptors (Lipinski definition) is 4. The summed E-state index contributed by atoms with van der Waals surface area (Å²) in [6.07, 6.45) is 0. The van der Waals surface area contributed by atoms with E-state index in [9.17, 15) is 0 Å². The van der Waals surface area contributed by atoms with Gasteiger partial charge in [-0.15, -0.1) is 22.7 Å². The zero-order chi connectivity index (χ0) is 11.5. The maximum Gasteiger partial charge on any atom is 0.129 e. The van der Waals surface area contributed by atoms with E-state index in [0.717, 1.165) is 9.54 Å². The molecule has 0 amide bonds. The highest BCUT2D eigenvalue weighted by molar-refractivity contribution is 9.11. The first kappa shape index (κ1) is 12.1. The normalized spacial score (nSPS) is 12.7. The van der Waals surface area contributed by atoms with Crippen LogP contribution >= 0.6 is 38.6 Å². The number of thiophene rings is 2. The Morgan fingerprint density at radius 3 is 2.69 bits per heavy atom. The van der Waals surface area contributed by atoms with Crippen LogP contribution in [0.3, 0.4) is 0 Å². The van der Waals surface area contributed by atoms with Crippen LogP contribution in [0, 0.1) is 0 Å². The van der Waals surface area contributed by atoms with Crippen LogP contribution in [0.5, 0.6) is 5.75 Å². The van der Waals surface area contributed by atoms with E-state index in [2.05, 4.69) is 39.4 Å². The van der Waals surface area contributed by atoms with E-state index in [4.69, 9.17) is 4.74 Å². The Balaban J connectivity index is 2.28. The lowest BCUT2D eigenvalue weighted by Gasteiger charge is -2.11. The number of methoxy groups -OCH3 is 1.